The standard InChI is InChI=1S/C24H22F7N5O2/c1-12-21(35(2)34-33-12)13-8-16(25)19-17(9-13)36(18-10-14(22(37)38-3)11-32-20(18)19)15(4-6-23(26,27)28)5-7-24(29,30)31/h8-11,15H,4-7H2,1-3H3. The molecule has 0 fully saturated rings. The van der Waals surface area contributed by atoms with Gasteiger partial charge in [0.1, 0.15) is 5.82 Å². The summed E-state index contributed by atoms with van der Waals surface area (Å²) < 4.78 is 102. The zero-order chi connectivity index (χ0) is 28.0. The summed E-state index contributed by atoms with van der Waals surface area (Å²) in [5.41, 5.74) is 1.04. The Balaban J connectivity index is 2.04. The van der Waals surface area contributed by atoms with Crippen molar-refractivity contribution in [3.8, 4) is 11.3 Å². The molecule has 204 valence electrons. The highest BCUT2D eigenvalue weighted by Crippen LogP contribution is 2.40. The molecule has 0 aliphatic rings. The Labute approximate surface area is 211 Å². The Hall–Kier alpha value is -3.71. The number of fused-ring (bicyclic) bond motifs is 3. The number of benzene rings is 1. The van der Waals surface area contributed by atoms with E-state index >= 15 is 4.39 Å². The Morgan fingerprint density at radius 1 is 1.03 bits per heavy atom. The molecule has 0 aliphatic carbocycles. The van der Waals surface area contributed by atoms with Crippen molar-refractivity contribution in [2.24, 2.45) is 7.05 Å². The van der Waals surface area contributed by atoms with E-state index in [1.807, 2.05) is 0 Å². The molecule has 3 aromatic heterocycles. The van der Waals surface area contributed by atoms with Gasteiger partial charge in [-0.15, -0.1) is 5.10 Å². The Morgan fingerprint density at radius 3 is 2.18 bits per heavy atom. The molecule has 0 saturated carbocycles. The summed E-state index contributed by atoms with van der Waals surface area (Å²) in [6, 6.07) is 2.51. The molecule has 0 bridgehead atoms. The number of aromatic nitrogens is 5. The molecule has 1 aromatic carbocycles. The van der Waals surface area contributed by atoms with E-state index in [-0.39, 0.29) is 33.1 Å². The molecule has 4 rings (SSSR count). The first-order valence-corrected chi connectivity index (χ1v) is 11.4. The summed E-state index contributed by atoms with van der Waals surface area (Å²) in [4.78, 5) is 16.3. The first-order valence-electron chi connectivity index (χ1n) is 11.4. The summed E-state index contributed by atoms with van der Waals surface area (Å²) in [6.45, 7) is 1.62. The molecule has 0 radical (unpaired) electrons. The van der Waals surface area contributed by atoms with E-state index in [4.69, 9.17) is 0 Å². The van der Waals surface area contributed by atoms with Crippen molar-refractivity contribution >= 4 is 27.9 Å². The number of carbonyl (C=O) groups excluding carboxylic acids is 1. The summed E-state index contributed by atoms with van der Waals surface area (Å²) in [5.74, 6) is -1.62. The molecule has 0 N–H and O–H groups in total. The van der Waals surface area contributed by atoms with Crippen molar-refractivity contribution in [3.63, 3.8) is 0 Å². The number of nitrogens with zero attached hydrogens (tertiary/aromatic N) is 5. The van der Waals surface area contributed by atoms with Gasteiger partial charge in [0.15, 0.2) is 0 Å². The molecule has 7 nitrogen and oxygen atoms in total. The fraction of sp³-hybridized carbons (Fsp3) is 0.417. The number of pyridine rings is 1. The van der Waals surface area contributed by atoms with Gasteiger partial charge in [-0.1, -0.05) is 5.21 Å². The maximum absolute atomic E-state index is 15.6. The number of carbonyl (C=O) groups is 1. The van der Waals surface area contributed by atoms with Crippen LogP contribution in [0.4, 0.5) is 30.7 Å². The topological polar surface area (TPSA) is 74.8 Å². The van der Waals surface area contributed by atoms with Gasteiger partial charge in [-0.2, -0.15) is 26.3 Å². The number of halogens is 7. The van der Waals surface area contributed by atoms with Crippen molar-refractivity contribution in [2.45, 2.75) is 51.0 Å². The van der Waals surface area contributed by atoms with Crippen LogP contribution in [0.25, 0.3) is 33.2 Å². The van der Waals surface area contributed by atoms with Gasteiger partial charge in [0.25, 0.3) is 0 Å². The highest BCUT2D eigenvalue weighted by molar-refractivity contribution is 6.08. The lowest BCUT2D eigenvalue weighted by Gasteiger charge is -2.23. The molecular weight excluding hydrogens is 523 g/mol. The number of alkyl halides is 6. The molecule has 0 saturated heterocycles. The number of esters is 1. The first kappa shape index (κ1) is 27.3. The third kappa shape index (κ3) is 5.43. The van der Waals surface area contributed by atoms with E-state index in [1.165, 1.54) is 27.4 Å². The van der Waals surface area contributed by atoms with E-state index in [2.05, 4.69) is 20.0 Å². The largest absolute Gasteiger partial charge is 0.465 e. The van der Waals surface area contributed by atoms with Crippen LogP contribution in [0.15, 0.2) is 24.4 Å². The number of aryl methyl sites for hydroxylation is 2. The highest BCUT2D eigenvalue weighted by atomic mass is 19.4. The quantitative estimate of drug-likeness (QED) is 0.197. The van der Waals surface area contributed by atoms with Crippen LogP contribution < -0.4 is 0 Å². The zero-order valence-electron chi connectivity index (χ0n) is 20.4. The van der Waals surface area contributed by atoms with E-state index in [0.29, 0.717) is 11.4 Å². The smallest absolute Gasteiger partial charge is 0.389 e. The lowest BCUT2D eigenvalue weighted by molar-refractivity contribution is -0.142. The van der Waals surface area contributed by atoms with Crippen LogP contribution in [0.2, 0.25) is 0 Å². The van der Waals surface area contributed by atoms with Gasteiger partial charge < -0.3 is 9.30 Å². The minimum atomic E-state index is -4.64. The van der Waals surface area contributed by atoms with Gasteiger partial charge in [0, 0.05) is 37.7 Å². The number of rotatable bonds is 7. The van der Waals surface area contributed by atoms with Crippen molar-refractivity contribution in [2.75, 3.05) is 7.11 Å². The van der Waals surface area contributed by atoms with Gasteiger partial charge in [0.2, 0.25) is 0 Å². The monoisotopic (exact) mass is 545 g/mol. The van der Waals surface area contributed by atoms with Crippen molar-refractivity contribution in [1.82, 2.24) is 24.5 Å². The van der Waals surface area contributed by atoms with E-state index in [9.17, 15) is 31.1 Å². The molecule has 0 spiro atoms. The van der Waals surface area contributed by atoms with Crippen LogP contribution >= 0.6 is 0 Å². The lowest BCUT2D eigenvalue weighted by atomic mass is 10.0. The van der Waals surface area contributed by atoms with Gasteiger partial charge in [-0.3, -0.25) is 4.98 Å². The van der Waals surface area contributed by atoms with Gasteiger partial charge >= 0.3 is 18.3 Å². The van der Waals surface area contributed by atoms with Crippen LogP contribution in [-0.4, -0.2) is 50.0 Å². The SMILES string of the molecule is COC(=O)c1cnc2c3c(F)cc(-c4c(C)nnn4C)cc3n(C(CCC(F)(F)F)CCC(F)(F)F)c2c1. The van der Waals surface area contributed by atoms with E-state index < -0.39 is 55.9 Å². The second-order valence-electron chi connectivity index (χ2n) is 8.91. The molecule has 14 heteroatoms. The highest BCUT2D eigenvalue weighted by Gasteiger charge is 2.34. The van der Waals surface area contributed by atoms with Crippen LogP contribution in [0, 0.1) is 12.7 Å². The minimum Gasteiger partial charge on any atom is -0.465 e. The summed E-state index contributed by atoms with van der Waals surface area (Å²) >= 11 is 0. The van der Waals surface area contributed by atoms with Crippen molar-refractivity contribution in [1.29, 1.82) is 0 Å². The Kier molecular flexibility index (Phi) is 7.10. The predicted octanol–water partition coefficient (Wildman–Crippen LogP) is 6.45. The van der Waals surface area contributed by atoms with Crippen LogP contribution in [0.1, 0.15) is 47.8 Å². The molecule has 4 aromatic rings. The minimum absolute atomic E-state index is 0.00755. The van der Waals surface area contributed by atoms with Gasteiger partial charge in [-0.25, -0.2) is 13.9 Å². The molecule has 0 atom stereocenters. The maximum atomic E-state index is 15.6. The normalized spacial score (nSPS) is 12.7. The average molecular weight is 545 g/mol. The number of hydrogen-bond donors (Lipinski definition) is 0. The van der Waals surface area contributed by atoms with Gasteiger partial charge in [-0.05, 0) is 38.0 Å². The fourth-order valence-electron chi connectivity index (χ4n) is 4.65. The molecule has 0 aliphatic heterocycles. The van der Waals surface area contributed by atoms with Crippen LogP contribution in [0.5, 0.6) is 0 Å². The second-order valence-corrected chi connectivity index (χ2v) is 8.91. The molecule has 0 amide bonds. The molecule has 0 unspecified atom stereocenters. The van der Waals surface area contributed by atoms with E-state index in [0.717, 1.165) is 13.3 Å². The summed E-state index contributed by atoms with van der Waals surface area (Å²) in [7, 11) is 2.67. The molecule has 38 heavy (non-hydrogen) atoms. The average Bonchev–Trinajstić information content (AvgIpc) is 3.33. The summed E-state index contributed by atoms with van der Waals surface area (Å²) in [5, 5.41) is 7.71. The number of methoxy groups -OCH3 is 1. The molecule has 3 heterocycles. The number of hydrogen-bond acceptors (Lipinski definition) is 5. The lowest BCUT2D eigenvalue weighted by Crippen LogP contribution is -2.18. The third-order valence-corrected chi connectivity index (χ3v) is 6.27. The first-order chi connectivity index (χ1) is 17.7. The van der Waals surface area contributed by atoms with Gasteiger partial charge in [0.05, 0.1) is 46.0 Å². The van der Waals surface area contributed by atoms with Crippen molar-refractivity contribution in [3.05, 3.63) is 41.5 Å². The second kappa shape index (κ2) is 9.87. The maximum Gasteiger partial charge on any atom is 0.389 e. The third-order valence-electron chi connectivity index (χ3n) is 6.27. The van der Waals surface area contributed by atoms with Crippen LogP contribution in [0.3, 0.4) is 0 Å². The predicted molar refractivity (Wildman–Crippen MR) is 123 cm³/mol. The van der Waals surface area contributed by atoms with Crippen LogP contribution in [-0.2, 0) is 11.8 Å². The number of ether oxygens (including phenoxy) is 1. The Morgan fingerprint density at radius 2 is 1.66 bits per heavy atom. The fourth-order valence-corrected chi connectivity index (χ4v) is 4.65. The zero-order valence-corrected chi connectivity index (χ0v) is 20.4. The van der Waals surface area contributed by atoms with E-state index in [1.54, 1.807) is 14.0 Å². The summed E-state index contributed by atoms with van der Waals surface area (Å²) in [6.07, 6.45) is -12.3. The van der Waals surface area contributed by atoms with Crippen molar-refractivity contribution < 1.29 is 40.3 Å². The Bertz CT molecular complexity index is 1470. The molecular formula is C24H22F7N5O2.